The highest BCUT2D eigenvalue weighted by atomic mass is 19.4. The van der Waals surface area contributed by atoms with E-state index in [-0.39, 0.29) is 17.7 Å². The van der Waals surface area contributed by atoms with Crippen molar-refractivity contribution in [3.63, 3.8) is 0 Å². The maximum Gasteiger partial charge on any atom is 0.422 e. The van der Waals surface area contributed by atoms with Gasteiger partial charge in [-0.05, 0) is 31.4 Å². The number of hydrogen-bond donors (Lipinski definition) is 0. The number of esters is 1. The van der Waals surface area contributed by atoms with Crippen LogP contribution in [0, 0.1) is 0 Å². The van der Waals surface area contributed by atoms with Gasteiger partial charge < -0.3 is 18.6 Å². The molecule has 6 nitrogen and oxygen atoms in total. The molecule has 2 aromatic heterocycles. The summed E-state index contributed by atoms with van der Waals surface area (Å²) in [5, 5.41) is -0.0648. The number of carbonyl (C=O) groups is 1. The molecule has 0 saturated heterocycles. The number of benzene rings is 1. The molecule has 0 aliphatic heterocycles. The first kappa shape index (κ1) is 23.4. The Morgan fingerprint density at radius 3 is 2.41 bits per heavy atom. The summed E-state index contributed by atoms with van der Waals surface area (Å²) in [5.41, 5.74) is 1.33. The Bertz CT molecular complexity index is 1160. The monoisotopic (exact) mass is 450 g/mol. The number of rotatable bonds is 8. The summed E-state index contributed by atoms with van der Waals surface area (Å²) >= 11 is 0. The largest absolute Gasteiger partial charge is 0.481 e. The molecule has 0 bridgehead atoms. The van der Waals surface area contributed by atoms with Gasteiger partial charge in [0.15, 0.2) is 18.1 Å². The molecule has 0 aliphatic rings. The fourth-order valence-corrected chi connectivity index (χ4v) is 3.70. The summed E-state index contributed by atoms with van der Waals surface area (Å²) in [5.74, 6) is -1.25. The Balaban J connectivity index is 2.18. The Hall–Kier alpha value is -3.23. The molecule has 1 aromatic carbocycles. The van der Waals surface area contributed by atoms with Gasteiger partial charge in [0.1, 0.15) is 5.39 Å². The zero-order valence-corrected chi connectivity index (χ0v) is 18.2. The van der Waals surface area contributed by atoms with Crippen molar-refractivity contribution in [2.75, 3.05) is 13.2 Å². The number of aromatic nitrogens is 2. The van der Waals surface area contributed by atoms with Crippen LogP contribution in [0.15, 0.2) is 41.2 Å². The van der Waals surface area contributed by atoms with Gasteiger partial charge in [-0.3, -0.25) is 4.79 Å². The highest BCUT2D eigenvalue weighted by Gasteiger charge is 2.33. The number of carbonyl (C=O) groups excluding carboxylic acids is 1. The predicted molar refractivity (Wildman–Crippen MR) is 114 cm³/mol. The molecular formula is C23H25F3N2O4. The van der Waals surface area contributed by atoms with E-state index in [1.807, 2.05) is 37.3 Å². The van der Waals surface area contributed by atoms with Crippen LogP contribution in [0.4, 0.5) is 13.2 Å². The highest BCUT2D eigenvalue weighted by Crippen LogP contribution is 2.33. The van der Waals surface area contributed by atoms with Gasteiger partial charge in [0, 0.05) is 19.3 Å². The van der Waals surface area contributed by atoms with E-state index in [1.165, 1.54) is 16.2 Å². The number of pyridine rings is 1. The van der Waals surface area contributed by atoms with Crippen LogP contribution in [0.1, 0.15) is 35.6 Å². The molecule has 0 aliphatic carbocycles. The lowest BCUT2D eigenvalue weighted by atomic mass is 10.1. The Morgan fingerprint density at radius 2 is 1.81 bits per heavy atom. The van der Waals surface area contributed by atoms with Crippen molar-refractivity contribution >= 4 is 16.9 Å². The van der Waals surface area contributed by atoms with E-state index in [0.717, 1.165) is 5.56 Å². The fraction of sp³-hybridized carbons (Fsp3) is 0.391. The third-order valence-electron chi connectivity index (χ3n) is 5.18. The van der Waals surface area contributed by atoms with E-state index in [2.05, 4.69) is 0 Å². The average Bonchev–Trinajstić information content (AvgIpc) is 3.03. The Morgan fingerprint density at radius 1 is 1.12 bits per heavy atom. The smallest absolute Gasteiger partial charge is 0.422 e. The molecule has 172 valence electrons. The van der Waals surface area contributed by atoms with Gasteiger partial charge in [0.05, 0.1) is 12.1 Å². The first-order valence-electron chi connectivity index (χ1n) is 10.3. The highest BCUT2D eigenvalue weighted by molar-refractivity contribution is 6.01. The Kier molecular flexibility index (Phi) is 6.96. The van der Waals surface area contributed by atoms with Crippen LogP contribution in [-0.4, -0.2) is 34.5 Å². The van der Waals surface area contributed by atoms with E-state index >= 15 is 0 Å². The SMILES string of the molecule is CCOC(=O)c1c(OCC(F)(F)F)c2c(=O)n(CCc3ccccc3)c(CC)cc2n1C. The number of nitrogens with zero attached hydrogens (tertiary/aromatic N) is 2. The number of hydrogen-bond acceptors (Lipinski definition) is 4. The second-order valence-corrected chi connectivity index (χ2v) is 7.30. The summed E-state index contributed by atoms with van der Waals surface area (Å²) in [6.07, 6.45) is -3.54. The van der Waals surface area contributed by atoms with Crippen LogP contribution in [0.5, 0.6) is 5.75 Å². The third kappa shape index (κ3) is 4.81. The quantitative estimate of drug-likeness (QED) is 0.481. The summed E-state index contributed by atoms with van der Waals surface area (Å²) in [6, 6.07) is 11.3. The number of fused-ring (bicyclic) bond motifs is 1. The van der Waals surface area contributed by atoms with Crippen molar-refractivity contribution in [3.8, 4) is 5.75 Å². The van der Waals surface area contributed by atoms with Crippen molar-refractivity contribution in [2.24, 2.45) is 7.05 Å². The molecule has 2 heterocycles. The number of aryl methyl sites for hydroxylation is 3. The predicted octanol–water partition coefficient (Wildman–Crippen LogP) is 4.26. The molecule has 32 heavy (non-hydrogen) atoms. The van der Waals surface area contributed by atoms with Crippen LogP contribution < -0.4 is 10.3 Å². The van der Waals surface area contributed by atoms with Crippen LogP contribution in [0.3, 0.4) is 0 Å². The maximum absolute atomic E-state index is 13.5. The number of halogens is 3. The molecular weight excluding hydrogens is 425 g/mol. The normalized spacial score (nSPS) is 11.7. The minimum atomic E-state index is -4.64. The van der Waals surface area contributed by atoms with Gasteiger partial charge in [0.25, 0.3) is 5.56 Å². The number of ether oxygens (including phenoxy) is 2. The van der Waals surface area contributed by atoms with E-state index in [4.69, 9.17) is 9.47 Å². The molecule has 9 heteroatoms. The third-order valence-corrected chi connectivity index (χ3v) is 5.18. The minimum Gasteiger partial charge on any atom is -0.481 e. The van der Waals surface area contributed by atoms with Gasteiger partial charge in [-0.1, -0.05) is 37.3 Å². The van der Waals surface area contributed by atoms with Crippen LogP contribution >= 0.6 is 0 Å². The Labute approximate surface area is 183 Å². The van der Waals surface area contributed by atoms with Crippen molar-refractivity contribution in [2.45, 2.75) is 39.4 Å². The lowest BCUT2D eigenvalue weighted by Crippen LogP contribution is -2.25. The second kappa shape index (κ2) is 9.50. The lowest BCUT2D eigenvalue weighted by Gasteiger charge is -2.13. The van der Waals surface area contributed by atoms with Gasteiger partial charge in [-0.15, -0.1) is 0 Å². The van der Waals surface area contributed by atoms with E-state index in [1.54, 1.807) is 13.0 Å². The number of alkyl halides is 3. The summed E-state index contributed by atoms with van der Waals surface area (Å²) < 4.78 is 51.6. The van der Waals surface area contributed by atoms with Crippen molar-refractivity contribution in [1.82, 2.24) is 9.13 Å². The summed E-state index contributed by atoms with van der Waals surface area (Å²) in [6.45, 7) is 2.21. The van der Waals surface area contributed by atoms with Gasteiger partial charge >= 0.3 is 12.1 Å². The summed E-state index contributed by atoms with van der Waals surface area (Å²) in [7, 11) is 1.50. The van der Waals surface area contributed by atoms with Gasteiger partial charge in [-0.25, -0.2) is 4.79 Å². The molecule has 3 rings (SSSR count). The summed E-state index contributed by atoms with van der Waals surface area (Å²) in [4.78, 5) is 26.0. The van der Waals surface area contributed by atoms with E-state index < -0.39 is 30.1 Å². The molecule has 0 atom stereocenters. The van der Waals surface area contributed by atoms with E-state index in [9.17, 15) is 22.8 Å². The van der Waals surface area contributed by atoms with E-state index in [0.29, 0.717) is 30.6 Å². The molecule has 3 aromatic rings. The minimum absolute atomic E-state index is 0.0284. The van der Waals surface area contributed by atoms with Gasteiger partial charge in [0.2, 0.25) is 0 Å². The van der Waals surface area contributed by atoms with Crippen LogP contribution in [0.2, 0.25) is 0 Å². The van der Waals surface area contributed by atoms with Crippen LogP contribution in [0.25, 0.3) is 10.9 Å². The molecule has 0 fully saturated rings. The van der Waals surface area contributed by atoms with Crippen molar-refractivity contribution in [3.05, 3.63) is 63.7 Å². The molecule has 0 N–H and O–H groups in total. The first-order valence-corrected chi connectivity index (χ1v) is 10.3. The fourth-order valence-electron chi connectivity index (χ4n) is 3.70. The standard InChI is InChI=1S/C23H25F3N2O4/c1-4-16-13-17-18(21(29)28(16)12-11-15-9-7-6-8-10-15)20(32-14-23(24,25)26)19(27(17)3)22(30)31-5-2/h6-10,13H,4-5,11-12,14H2,1-3H3. The second-order valence-electron chi connectivity index (χ2n) is 7.30. The molecule has 0 radical (unpaired) electrons. The average molecular weight is 450 g/mol. The molecule has 0 spiro atoms. The molecule has 0 amide bonds. The zero-order valence-electron chi connectivity index (χ0n) is 18.2. The molecule has 0 saturated carbocycles. The van der Waals surface area contributed by atoms with Gasteiger partial charge in [-0.2, -0.15) is 13.2 Å². The topological polar surface area (TPSA) is 62.5 Å². The lowest BCUT2D eigenvalue weighted by molar-refractivity contribution is -0.153. The van der Waals surface area contributed by atoms with Crippen molar-refractivity contribution in [1.29, 1.82) is 0 Å². The molecule has 0 unspecified atom stereocenters. The zero-order chi connectivity index (χ0) is 23.5. The first-order chi connectivity index (χ1) is 15.2. The van der Waals surface area contributed by atoms with Crippen molar-refractivity contribution < 1.29 is 27.4 Å². The van der Waals surface area contributed by atoms with Crippen LogP contribution in [-0.2, 0) is 31.2 Å². The maximum atomic E-state index is 13.5.